The Kier molecular flexibility index (Phi) is 3.90. The van der Waals surface area contributed by atoms with E-state index in [4.69, 9.17) is 4.74 Å². The van der Waals surface area contributed by atoms with Gasteiger partial charge in [-0.15, -0.1) is 0 Å². The summed E-state index contributed by atoms with van der Waals surface area (Å²) in [4.78, 5) is 2.63. The van der Waals surface area contributed by atoms with Crippen LogP contribution >= 0.6 is 15.9 Å². The Morgan fingerprint density at radius 2 is 2.06 bits per heavy atom. The van der Waals surface area contributed by atoms with Crippen LogP contribution in [-0.4, -0.2) is 30.6 Å². The molecule has 2 saturated carbocycles. The lowest BCUT2D eigenvalue weighted by Gasteiger charge is -2.21. The standard InChI is InChI=1S/C15H20BrNO/c16-13-2-1-3-15(10-13)18-9-8-17(14-6-7-14)11-12-4-5-12/h1-3,10,12,14H,4-9,11H2. The summed E-state index contributed by atoms with van der Waals surface area (Å²) in [6.07, 6.45) is 5.67. The molecule has 3 heteroatoms. The minimum absolute atomic E-state index is 0.805. The molecule has 0 N–H and O–H groups in total. The fourth-order valence-electron chi connectivity index (χ4n) is 2.33. The van der Waals surface area contributed by atoms with Crippen LogP contribution < -0.4 is 4.74 Å². The lowest BCUT2D eigenvalue weighted by Crippen LogP contribution is -2.32. The largest absolute Gasteiger partial charge is 0.492 e. The second-order valence-electron chi connectivity index (χ2n) is 5.48. The molecule has 1 aromatic rings. The van der Waals surface area contributed by atoms with Crippen molar-refractivity contribution in [2.75, 3.05) is 19.7 Å². The number of hydrogen-bond acceptors (Lipinski definition) is 2. The SMILES string of the molecule is Brc1cccc(OCCN(CC2CC2)C2CC2)c1. The van der Waals surface area contributed by atoms with E-state index in [0.717, 1.165) is 35.3 Å². The number of hydrogen-bond donors (Lipinski definition) is 0. The van der Waals surface area contributed by atoms with Gasteiger partial charge in [-0.25, -0.2) is 0 Å². The highest BCUT2D eigenvalue weighted by molar-refractivity contribution is 9.10. The average molecular weight is 310 g/mol. The normalized spacial score (nSPS) is 19.2. The second-order valence-corrected chi connectivity index (χ2v) is 6.39. The van der Waals surface area contributed by atoms with Gasteiger partial charge in [0.05, 0.1) is 0 Å². The molecule has 0 saturated heterocycles. The first-order valence-electron chi connectivity index (χ1n) is 6.94. The number of halogens is 1. The number of benzene rings is 1. The maximum atomic E-state index is 5.83. The summed E-state index contributed by atoms with van der Waals surface area (Å²) in [5, 5.41) is 0. The maximum Gasteiger partial charge on any atom is 0.120 e. The Morgan fingerprint density at radius 1 is 1.22 bits per heavy atom. The summed E-state index contributed by atoms with van der Waals surface area (Å²) in [6.45, 7) is 3.18. The molecule has 2 nitrogen and oxygen atoms in total. The van der Waals surface area contributed by atoms with E-state index in [9.17, 15) is 0 Å². The Morgan fingerprint density at radius 3 is 2.72 bits per heavy atom. The van der Waals surface area contributed by atoms with Gasteiger partial charge in [-0.2, -0.15) is 0 Å². The predicted molar refractivity (Wildman–Crippen MR) is 77.0 cm³/mol. The Bertz CT molecular complexity index is 401. The zero-order valence-corrected chi connectivity index (χ0v) is 12.2. The highest BCUT2D eigenvalue weighted by Gasteiger charge is 2.33. The van der Waals surface area contributed by atoms with E-state index in [-0.39, 0.29) is 0 Å². The molecular weight excluding hydrogens is 290 g/mol. The molecule has 1 aromatic carbocycles. The number of rotatable bonds is 7. The fraction of sp³-hybridized carbons (Fsp3) is 0.600. The van der Waals surface area contributed by atoms with Crippen LogP contribution in [0.3, 0.4) is 0 Å². The van der Waals surface area contributed by atoms with Crippen molar-refractivity contribution >= 4 is 15.9 Å². The Labute approximate surface area is 117 Å². The third kappa shape index (κ3) is 3.72. The Hall–Kier alpha value is -0.540. The van der Waals surface area contributed by atoms with Crippen molar-refractivity contribution in [3.8, 4) is 5.75 Å². The van der Waals surface area contributed by atoms with Gasteiger partial charge < -0.3 is 4.74 Å². The molecule has 98 valence electrons. The summed E-state index contributed by atoms with van der Waals surface area (Å²) < 4.78 is 6.91. The van der Waals surface area contributed by atoms with E-state index in [1.54, 1.807) is 0 Å². The molecule has 0 heterocycles. The van der Waals surface area contributed by atoms with Gasteiger partial charge in [-0.05, 0) is 49.8 Å². The minimum Gasteiger partial charge on any atom is -0.492 e. The van der Waals surface area contributed by atoms with Crippen molar-refractivity contribution < 1.29 is 4.74 Å². The molecule has 18 heavy (non-hydrogen) atoms. The molecule has 0 unspecified atom stereocenters. The maximum absolute atomic E-state index is 5.83. The molecule has 2 aliphatic rings. The molecular formula is C15H20BrNO. The van der Waals surface area contributed by atoms with Crippen molar-refractivity contribution in [3.63, 3.8) is 0 Å². The van der Waals surface area contributed by atoms with E-state index < -0.39 is 0 Å². The van der Waals surface area contributed by atoms with Crippen molar-refractivity contribution in [2.24, 2.45) is 5.92 Å². The molecule has 0 atom stereocenters. The monoisotopic (exact) mass is 309 g/mol. The smallest absolute Gasteiger partial charge is 0.120 e. The fourth-order valence-corrected chi connectivity index (χ4v) is 2.71. The summed E-state index contributed by atoms with van der Waals surface area (Å²) in [7, 11) is 0. The van der Waals surface area contributed by atoms with E-state index in [0.29, 0.717) is 0 Å². The summed E-state index contributed by atoms with van der Waals surface area (Å²) in [6, 6.07) is 8.95. The molecule has 0 spiro atoms. The van der Waals surface area contributed by atoms with Gasteiger partial charge in [0.25, 0.3) is 0 Å². The molecule has 2 aliphatic carbocycles. The van der Waals surface area contributed by atoms with Gasteiger partial charge in [-0.1, -0.05) is 22.0 Å². The molecule has 0 aliphatic heterocycles. The van der Waals surface area contributed by atoms with Crippen LogP contribution in [0.2, 0.25) is 0 Å². The minimum atomic E-state index is 0.805. The lowest BCUT2D eigenvalue weighted by atomic mass is 10.3. The average Bonchev–Trinajstić information content (AvgIpc) is 3.22. The Balaban J connectivity index is 1.44. The zero-order valence-electron chi connectivity index (χ0n) is 10.6. The van der Waals surface area contributed by atoms with Crippen LogP contribution in [0.4, 0.5) is 0 Å². The first kappa shape index (κ1) is 12.5. The van der Waals surface area contributed by atoms with E-state index >= 15 is 0 Å². The molecule has 0 radical (unpaired) electrons. The molecule has 0 amide bonds. The van der Waals surface area contributed by atoms with Gasteiger partial charge in [-0.3, -0.25) is 4.90 Å². The van der Waals surface area contributed by atoms with E-state index in [1.165, 1.54) is 32.2 Å². The lowest BCUT2D eigenvalue weighted by molar-refractivity contribution is 0.195. The van der Waals surface area contributed by atoms with Crippen molar-refractivity contribution in [3.05, 3.63) is 28.7 Å². The van der Waals surface area contributed by atoms with Crippen molar-refractivity contribution in [1.29, 1.82) is 0 Å². The van der Waals surface area contributed by atoms with Crippen LogP contribution in [0, 0.1) is 5.92 Å². The van der Waals surface area contributed by atoms with Gasteiger partial charge in [0.2, 0.25) is 0 Å². The highest BCUT2D eigenvalue weighted by Crippen LogP contribution is 2.34. The summed E-state index contributed by atoms with van der Waals surface area (Å²) >= 11 is 3.47. The van der Waals surface area contributed by atoms with Crippen LogP contribution in [0.15, 0.2) is 28.7 Å². The third-order valence-electron chi connectivity index (χ3n) is 3.70. The van der Waals surface area contributed by atoms with Gasteiger partial charge in [0.15, 0.2) is 0 Å². The van der Waals surface area contributed by atoms with Crippen LogP contribution in [0.25, 0.3) is 0 Å². The second kappa shape index (κ2) is 5.62. The van der Waals surface area contributed by atoms with Crippen molar-refractivity contribution in [2.45, 2.75) is 31.7 Å². The quantitative estimate of drug-likeness (QED) is 0.761. The van der Waals surface area contributed by atoms with Gasteiger partial charge in [0, 0.05) is 23.6 Å². The van der Waals surface area contributed by atoms with Crippen LogP contribution in [-0.2, 0) is 0 Å². The van der Waals surface area contributed by atoms with Gasteiger partial charge >= 0.3 is 0 Å². The first-order chi connectivity index (χ1) is 8.81. The topological polar surface area (TPSA) is 12.5 Å². The van der Waals surface area contributed by atoms with E-state index in [2.05, 4.69) is 20.8 Å². The first-order valence-corrected chi connectivity index (χ1v) is 7.73. The predicted octanol–water partition coefficient (Wildman–Crippen LogP) is 3.70. The zero-order chi connectivity index (χ0) is 12.4. The summed E-state index contributed by atoms with van der Waals surface area (Å²) in [5.41, 5.74) is 0. The highest BCUT2D eigenvalue weighted by atomic mass is 79.9. The van der Waals surface area contributed by atoms with Crippen LogP contribution in [0.5, 0.6) is 5.75 Å². The third-order valence-corrected chi connectivity index (χ3v) is 4.19. The number of nitrogens with zero attached hydrogens (tertiary/aromatic N) is 1. The molecule has 3 rings (SSSR count). The van der Waals surface area contributed by atoms with E-state index in [1.807, 2.05) is 24.3 Å². The molecule has 0 aromatic heterocycles. The van der Waals surface area contributed by atoms with Crippen LogP contribution in [0.1, 0.15) is 25.7 Å². The number of ether oxygens (including phenoxy) is 1. The van der Waals surface area contributed by atoms with Gasteiger partial charge in [0.1, 0.15) is 12.4 Å². The van der Waals surface area contributed by atoms with Crippen molar-refractivity contribution in [1.82, 2.24) is 4.90 Å². The molecule has 0 bridgehead atoms. The summed E-state index contributed by atoms with van der Waals surface area (Å²) in [5.74, 6) is 1.95. The molecule has 2 fully saturated rings.